The highest BCUT2D eigenvalue weighted by atomic mass is 14.8. The lowest BCUT2D eigenvalue weighted by atomic mass is 9.86. The van der Waals surface area contributed by atoms with E-state index in [9.17, 15) is 0 Å². The molecule has 8 rings (SSSR count). The highest BCUT2D eigenvalue weighted by molar-refractivity contribution is 6.21. The second-order valence-electron chi connectivity index (χ2n) is 11.8. The van der Waals surface area contributed by atoms with Gasteiger partial charge in [-0.15, -0.1) is 0 Å². The molecule has 8 aromatic rings. The van der Waals surface area contributed by atoms with Crippen LogP contribution in [0.2, 0.25) is 0 Å². The van der Waals surface area contributed by atoms with Gasteiger partial charge in [-0.2, -0.15) is 0 Å². The SMILES string of the molecule is CC(C)c1cccc2nc(-c3ccccc3)c(-c3ccc(-c4c5ccccc5c(-c5cccnc5)c5ccccc45)cc3)nc12. The lowest BCUT2D eigenvalue weighted by Crippen LogP contribution is -1.99. The van der Waals surface area contributed by atoms with Crippen molar-refractivity contribution >= 4 is 32.6 Å². The summed E-state index contributed by atoms with van der Waals surface area (Å²) in [4.78, 5) is 15.0. The smallest absolute Gasteiger partial charge is 0.0973 e. The van der Waals surface area contributed by atoms with Crippen LogP contribution in [0.1, 0.15) is 25.3 Å². The van der Waals surface area contributed by atoms with Gasteiger partial charge in [-0.3, -0.25) is 4.98 Å². The molecular formula is C42H31N3. The number of nitrogens with zero attached hydrogens (tertiary/aromatic N) is 3. The van der Waals surface area contributed by atoms with Gasteiger partial charge in [0.15, 0.2) is 0 Å². The van der Waals surface area contributed by atoms with Crippen LogP contribution in [-0.2, 0) is 0 Å². The Hall–Kier alpha value is -5.67. The second kappa shape index (κ2) is 11.1. The molecule has 0 atom stereocenters. The summed E-state index contributed by atoms with van der Waals surface area (Å²) >= 11 is 0. The quantitative estimate of drug-likeness (QED) is 0.191. The van der Waals surface area contributed by atoms with E-state index in [1.54, 1.807) is 0 Å². The number of fused-ring (bicyclic) bond motifs is 3. The zero-order valence-electron chi connectivity index (χ0n) is 25.3. The number of benzene rings is 6. The van der Waals surface area contributed by atoms with Crippen LogP contribution in [0.4, 0.5) is 0 Å². The van der Waals surface area contributed by atoms with Gasteiger partial charge in [0, 0.05) is 29.1 Å². The van der Waals surface area contributed by atoms with Crippen LogP contribution in [0.15, 0.2) is 146 Å². The molecule has 0 radical (unpaired) electrons. The Labute approximate surface area is 262 Å². The molecule has 0 amide bonds. The Kier molecular flexibility index (Phi) is 6.65. The molecule has 0 bridgehead atoms. The van der Waals surface area contributed by atoms with Gasteiger partial charge in [-0.25, -0.2) is 9.97 Å². The molecule has 0 unspecified atom stereocenters. The van der Waals surface area contributed by atoms with Crippen molar-refractivity contribution < 1.29 is 0 Å². The summed E-state index contributed by atoms with van der Waals surface area (Å²) < 4.78 is 0. The minimum atomic E-state index is 0.344. The number of pyridine rings is 1. The zero-order chi connectivity index (χ0) is 30.3. The van der Waals surface area contributed by atoms with Crippen LogP contribution in [0.25, 0.3) is 77.3 Å². The van der Waals surface area contributed by atoms with Crippen LogP contribution in [0, 0.1) is 0 Å². The van der Waals surface area contributed by atoms with Gasteiger partial charge >= 0.3 is 0 Å². The van der Waals surface area contributed by atoms with E-state index in [-0.39, 0.29) is 0 Å². The molecule has 0 saturated heterocycles. The summed E-state index contributed by atoms with van der Waals surface area (Å²) in [5.74, 6) is 0.344. The average molecular weight is 578 g/mol. The first-order valence-corrected chi connectivity index (χ1v) is 15.5. The molecule has 0 aliphatic rings. The fourth-order valence-corrected chi connectivity index (χ4v) is 6.62. The molecule has 0 fully saturated rings. The molecule has 6 aromatic carbocycles. The Balaban J connectivity index is 1.35. The van der Waals surface area contributed by atoms with Gasteiger partial charge in [0.2, 0.25) is 0 Å². The summed E-state index contributed by atoms with van der Waals surface area (Å²) in [6.45, 7) is 4.43. The molecular weight excluding hydrogens is 546 g/mol. The summed E-state index contributed by atoms with van der Waals surface area (Å²) in [6, 6.07) is 47.2. The Bertz CT molecular complexity index is 2270. The van der Waals surface area contributed by atoms with Crippen LogP contribution >= 0.6 is 0 Å². The van der Waals surface area contributed by atoms with Crippen molar-refractivity contribution in [3.63, 3.8) is 0 Å². The van der Waals surface area contributed by atoms with E-state index < -0.39 is 0 Å². The van der Waals surface area contributed by atoms with Crippen molar-refractivity contribution in [2.24, 2.45) is 0 Å². The van der Waals surface area contributed by atoms with E-state index in [1.165, 1.54) is 43.8 Å². The van der Waals surface area contributed by atoms with Crippen LogP contribution < -0.4 is 0 Å². The first-order valence-electron chi connectivity index (χ1n) is 15.5. The standard InChI is InChI=1S/C42H31N3/c1-27(2)32-19-10-20-37-42(32)45-41(40(44-37)29-12-4-3-5-13-29)30-23-21-28(22-24-30)38-33-15-6-8-17-35(33)39(31-14-11-25-43-26-31)36-18-9-7-16-34(36)38/h3-27H,1-2H3. The van der Waals surface area contributed by atoms with Gasteiger partial charge in [-0.05, 0) is 61.8 Å². The summed E-state index contributed by atoms with van der Waals surface area (Å²) in [5, 5.41) is 4.88. The van der Waals surface area contributed by atoms with Gasteiger partial charge in [-0.1, -0.05) is 135 Å². The Morgan fingerprint density at radius 1 is 0.444 bits per heavy atom. The molecule has 2 heterocycles. The number of hydrogen-bond acceptors (Lipinski definition) is 3. The molecule has 214 valence electrons. The highest BCUT2D eigenvalue weighted by Gasteiger charge is 2.19. The van der Waals surface area contributed by atoms with E-state index in [0.717, 1.165) is 39.1 Å². The van der Waals surface area contributed by atoms with Gasteiger partial charge in [0.1, 0.15) is 0 Å². The predicted molar refractivity (Wildman–Crippen MR) is 188 cm³/mol. The maximum atomic E-state index is 5.32. The predicted octanol–water partition coefficient (Wildman–Crippen LogP) is 11.1. The second-order valence-corrected chi connectivity index (χ2v) is 11.8. The number of rotatable bonds is 5. The lowest BCUT2D eigenvalue weighted by molar-refractivity contribution is 0.872. The van der Waals surface area contributed by atoms with Gasteiger partial charge in [0.25, 0.3) is 0 Å². The normalized spacial score (nSPS) is 11.5. The monoisotopic (exact) mass is 577 g/mol. The maximum absolute atomic E-state index is 5.32. The molecule has 0 aliphatic carbocycles. The molecule has 0 N–H and O–H groups in total. The minimum Gasteiger partial charge on any atom is -0.264 e. The fraction of sp³-hybridized carbons (Fsp3) is 0.0714. The van der Waals surface area contributed by atoms with Crippen LogP contribution in [0.3, 0.4) is 0 Å². The van der Waals surface area contributed by atoms with Gasteiger partial charge in [0.05, 0.1) is 22.4 Å². The Morgan fingerprint density at radius 3 is 1.58 bits per heavy atom. The lowest BCUT2D eigenvalue weighted by Gasteiger charge is -2.18. The molecule has 0 aliphatic heterocycles. The summed E-state index contributed by atoms with van der Waals surface area (Å²) in [5.41, 5.74) is 11.7. The molecule has 3 nitrogen and oxygen atoms in total. The summed E-state index contributed by atoms with van der Waals surface area (Å²) in [6.07, 6.45) is 3.79. The summed E-state index contributed by atoms with van der Waals surface area (Å²) in [7, 11) is 0. The third kappa shape index (κ3) is 4.65. The van der Waals surface area contributed by atoms with Crippen molar-refractivity contribution in [2.75, 3.05) is 0 Å². The molecule has 0 saturated carbocycles. The van der Waals surface area contributed by atoms with Crippen molar-refractivity contribution in [2.45, 2.75) is 19.8 Å². The van der Waals surface area contributed by atoms with E-state index in [1.807, 2.05) is 24.5 Å². The third-order valence-electron chi connectivity index (χ3n) is 8.72. The Morgan fingerprint density at radius 2 is 0.978 bits per heavy atom. The zero-order valence-corrected chi connectivity index (χ0v) is 25.3. The third-order valence-corrected chi connectivity index (χ3v) is 8.72. The number of para-hydroxylation sites is 1. The first-order chi connectivity index (χ1) is 22.2. The average Bonchev–Trinajstić information content (AvgIpc) is 3.10. The first kappa shape index (κ1) is 26.9. The van der Waals surface area contributed by atoms with E-state index in [0.29, 0.717) is 5.92 Å². The van der Waals surface area contributed by atoms with Crippen molar-refractivity contribution in [3.8, 4) is 44.8 Å². The molecule has 0 spiro atoms. The number of aromatic nitrogens is 3. The van der Waals surface area contributed by atoms with Crippen molar-refractivity contribution in [3.05, 3.63) is 151 Å². The largest absolute Gasteiger partial charge is 0.264 e. The molecule has 3 heteroatoms. The van der Waals surface area contributed by atoms with Crippen molar-refractivity contribution in [1.29, 1.82) is 0 Å². The van der Waals surface area contributed by atoms with E-state index in [2.05, 4.69) is 140 Å². The van der Waals surface area contributed by atoms with Crippen LogP contribution in [-0.4, -0.2) is 15.0 Å². The van der Waals surface area contributed by atoms with E-state index in [4.69, 9.17) is 9.97 Å². The molecule has 2 aromatic heterocycles. The van der Waals surface area contributed by atoms with E-state index >= 15 is 0 Å². The molecule has 45 heavy (non-hydrogen) atoms. The topological polar surface area (TPSA) is 38.7 Å². The minimum absolute atomic E-state index is 0.344. The highest BCUT2D eigenvalue weighted by Crippen LogP contribution is 2.44. The number of hydrogen-bond donors (Lipinski definition) is 0. The van der Waals surface area contributed by atoms with Crippen LogP contribution in [0.5, 0.6) is 0 Å². The fourth-order valence-electron chi connectivity index (χ4n) is 6.62. The maximum Gasteiger partial charge on any atom is 0.0973 e. The van der Waals surface area contributed by atoms with Crippen molar-refractivity contribution in [1.82, 2.24) is 15.0 Å². The van der Waals surface area contributed by atoms with Gasteiger partial charge < -0.3 is 0 Å².